The van der Waals surface area contributed by atoms with E-state index in [0.717, 1.165) is 37.8 Å². The van der Waals surface area contributed by atoms with Gasteiger partial charge >= 0.3 is 0 Å². The Hall–Kier alpha value is -2.64. The number of rotatable bonds is 4. The number of methoxy groups -OCH3 is 1. The first kappa shape index (κ1) is 15.3. The highest BCUT2D eigenvalue weighted by Gasteiger charge is 2.20. The molecule has 1 aliphatic heterocycles. The summed E-state index contributed by atoms with van der Waals surface area (Å²) in [4.78, 5) is 23.8. The predicted molar refractivity (Wildman–Crippen MR) is 89.4 cm³/mol. The maximum atomic E-state index is 5.16. The number of ether oxygens (including phenoxy) is 1. The van der Waals surface area contributed by atoms with E-state index < -0.39 is 0 Å². The number of aromatic nitrogens is 4. The summed E-state index contributed by atoms with van der Waals surface area (Å²) in [6.45, 7) is 3.41. The van der Waals surface area contributed by atoms with E-state index in [-0.39, 0.29) is 0 Å². The van der Waals surface area contributed by atoms with Gasteiger partial charge in [0.15, 0.2) is 0 Å². The van der Waals surface area contributed by atoms with Crippen LogP contribution < -0.4 is 19.4 Å². The molecule has 3 rings (SSSR count). The Morgan fingerprint density at radius 1 is 1.04 bits per heavy atom. The van der Waals surface area contributed by atoms with Crippen LogP contribution in [0.15, 0.2) is 24.7 Å². The third-order valence-corrected chi connectivity index (χ3v) is 3.81. The van der Waals surface area contributed by atoms with Crippen LogP contribution in [0.3, 0.4) is 0 Å². The van der Waals surface area contributed by atoms with Crippen LogP contribution in [0.4, 0.5) is 17.6 Å². The molecule has 0 spiro atoms. The lowest BCUT2D eigenvalue weighted by Crippen LogP contribution is -2.47. The van der Waals surface area contributed by atoms with Crippen molar-refractivity contribution >= 4 is 17.6 Å². The second kappa shape index (κ2) is 6.64. The molecule has 0 N–H and O–H groups in total. The second-order valence-electron chi connectivity index (χ2n) is 5.50. The Morgan fingerprint density at radius 3 is 2.48 bits per heavy atom. The van der Waals surface area contributed by atoms with Gasteiger partial charge < -0.3 is 19.4 Å². The van der Waals surface area contributed by atoms with E-state index in [2.05, 4.69) is 29.7 Å². The summed E-state index contributed by atoms with van der Waals surface area (Å²) in [6.07, 6.45) is 3.34. The Bertz CT molecular complexity index is 656. The van der Waals surface area contributed by atoms with Crippen LogP contribution in [-0.4, -0.2) is 67.3 Å². The average Bonchev–Trinajstić information content (AvgIpc) is 2.62. The van der Waals surface area contributed by atoms with Crippen molar-refractivity contribution in [3.05, 3.63) is 24.7 Å². The monoisotopic (exact) mass is 315 g/mol. The molecule has 0 unspecified atom stereocenters. The van der Waals surface area contributed by atoms with Gasteiger partial charge in [-0.2, -0.15) is 4.98 Å². The van der Waals surface area contributed by atoms with Gasteiger partial charge in [0.05, 0.1) is 7.11 Å². The Kier molecular flexibility index (Phi) is 4.40. The molecule has 8 heteroatoms. The summed E-state index contributed by atoms with van der Waals surface area (Å²) < 4.78 is 5.16. The number of nitrogens with zero attached hydrogens (tertiary/aromatic N) is 7. The highest BCUT2D eigenvalue weighted by Crippen LogP contribution is 2.19. The zero-order chi connectivity index (χ0) is 16.2. The Balaban J connectivity index is 1.67. The van der Waals surface area contributed by atoms with Crippen molar-refractivity contribution in [2.75, 3.05) is 62.1 Å². The molecule has 0 saturated carbocycles. The van der Waals surface area contributed by atoms with Crippen molar-refractivity contribution in [3.8, 4) is 5.88 Å². The average molecular weight is 315 g/mol. The summed E-state index contributed by atoms with van der Waals surface area (Å²) in [7, 11) is 5.57. The molecule has 122 valence electrons. The molecule has 0 aliphatic carbocycles. The first-order valence-electron chi connectivity index (χ1n) is 7.53. The lowest BCUT2D eigenvalue weighted by molar-refractivity contribution is 0.396. The molecule has 1 saturated heterocycles. The third kappa shape index (κ3) is 3.41. The van der Waals surface area contributed by atoms with Crippen molar-refractivity contribution in [2.45, 2.75) is 0 Å². The second-order valence-corrected chi connectivity index (χ2v) is 5.50. The zero-order valence-electron chi connectivity index (χ0n) is 13.7. The SMILES string of the molecule is COc1ccnc(N2CCN(c3cc(N(C)C)ncn3)CC2)n1. The van der Waals surface area contributed by atoms with Gasteiger partial charge in [0.1, 0.15) is 18.0 Å². The maximum absolute atomic E-state index is 5.16. The van der Waals surface area contributed by atoms with E-state index >= 15 is 0 Å². The summed E-state index contributed by atoms with van der Waals surface area (Å²) >= 11 is 0. The molecule has 0 bridgehead atoms. The summed E-state index contributed by atoms with van der Waals surface area (Å²) in [5, 5.41) is 0. The Morgan fingerprint density at radius 2 is 1.78 bits per heavy atom. The van der Waals surface area contributed by atoms with Crippen LogP contribution in [-0.2, 0) is 0 Å². The largest absolute Gasteiger partial charge is 0.481 e. The summed E-state index contributed by atoms with van der Waals surface area (Å²) in [5.74, 6) is 3.16. The van der Waals surface area contributed by atoms with Crippen molar-refractivity contribution in [2.24, 2.45) is 0 Å². The molecule has 1 fully saturated rings. The Labute approximate surface area is 135 Å². The molecule has 3 heterocycles. The van der Waals surface area contributed by atoms with Crippen LogP contribution in [0.1, 0.15) is 0 Å². The topological polar surface area (TPSA) is 70.5 Å². The number of hydrogen-bond donors (Lipinski definition) is 0. The third-order valence-electron chi connectivity index (χ3n) is 3.81. The highest BCUT2D eigenvalue weighted by atomic mass is 16.5. The number of piperazine rings is 1. The van der Waals surface area contributed by atoms with Crippen molar-refractivity contribution < 1.29 is 4.74 Å². The smallest absolute Gasteiger partial charge is 0.228 e. The minimum Gasteiger partial charge on any atom is -0.481 e. The molecule has 0 atom stereocenters. The van der Waals surface area contributed by atoms with Gasteiger partial charge in [-0.25, -0.2) is 15.0 Å². The van der Waals surface area contributed by atoms with Gasteiger partial charge in [-0.1, -0.05) is 0 Å². The molecule has 2 aromatic rings. The maximum Gasteiger partial charge on any atom is 0.228 e. The van der Waals surface area contributed by atoms with Crippen molar-refractivity contribution in [3.63, 3.8) is 0 Å². The van der Waals surface area contributed by atoms with Gasteiger partial charge in [0.2, 0.25) is 11.8 Å². The van der Waals surface area contributed by atoms with Crippen LogP contribution >= 0.6 is 0 Å². The van der Waals surface area contributed by atoms with Crippen LogP contribution in [0.25, 0.3) is 0 Å². The quantitative estimate of drug-likeness (QED) is 0.815. The molecule has 0 radical (unpaired) electrons. The van der Waals surface area contributed by atoms with E-state index in [1.54, 1.807) is 25.7 Å². The van der Waals surface area contributed by atoms with Gasteiger partial charge in [-0.05, 0) is 0 Å². The molecular formula is C15H21N7O. The van der Waals surface area contributed by atoms with Gasteiger partial charge in [0.25, 0.3) is 0 Å². The summed E-state index contributed by atoms with van der Waals surface area (Å²) in [5.41, 5.74) is 0. The van der Waals surface area contributed by atoms with E-state index in [4.69, 9.17) is 4.74 Å². The van der Waals surface area contributed by atoms with Crippen LogP contribution in [0.2, 0.25) is 0 Å². The van der Waals surface area contributed by atoms with Crippen LogP contribution in [0, 0.1) is 0 Å². The zero-order valence-corrected chi connectivity index (χ0v) is 13.7. The minimum atomic E-state index is 0.587. The molecule has 0 amide bonds. The minimum absolute atomic E-state index is 0.587. The molecule has 2 aromatic heterocycles. The van der Waals surface area contributed by atoms with E-state index in [1.807, 2.05) is 25.1 Å². The van der Waals surface area contributed by atoms with E-state index in [0.29, 0.717) is 11.8 Å². The molecular weight excluding hydrogens is 294 g/mol. The number of hydrogen-bond acceptors (Lipinski definition) is 8. The lowest BCUT2D eigenvalue weighted by atomic mass is 10.3. The van der Waals surface area contributed by atoms with Crippen molar-refractivity contribution in [1.82, 2.24) is 19.9 Å². The molecule has 23 heavy (non-hydrogen) atoms. The van der Waals surface area contributed by atoms with E-state index in [1.165, 1.54) is 0 Å². The fraction of sp³-hybridized carbons (Fsp3) is 0.467. The molecule has 8 nitrogen and oxygen atoms in total. The number of anilines is 3. The summed E-state index contributed by atoms with van der Waals surface area (Å²) in [6, 6.07) is 3.77. The standard InChI is InChI=1S/C15H21N7O/c1-20(2)12-10-13(18-11-17-12)21-6-8-22(9-7-21)15-16-5-4-14(19-15)23-3/h4-5,10-11H,6-9H2,1-3H3. The normalized spacial score (nSPS) is 14.7. The lowest BCUT2D eigenvalue weighted by Gasteiger charge is -2.35. The fourth-order valence-corrected chi connectivity index (χ4v) is 2.49. The van der Waals surface area contributed by atoms with Gasteiger partial charge in [-0.3, -0.25) is 0 Å². The fourth-order valence-electron chi connectivity index (χ4n) is 2.49. The predicted octanol–water partition coefficient (Wildman–Crippen LogP) is 0.668. The van der Waals surface area contributed by atoms with Crippen LogP contribution in [0.5, 0.6) is 5.88 Å². The molecule has 1 aliphatic rings. The van der Waals surface area contributed by atoms with E-state index in [9.17, 15) is 0 Å². The first-order valence-corrected chi connectivity index (χ1v) is 7.53. The highest BCUT2D eigenvalue weighted by molar-refractivity contribution is 5.50. The first-order chi connectivity index (χ1) is 11.2. The van der Waals surface area contributed by atoms with Gasteiger partial charge in [0, 0.05) is 58.6 Å². The van der Waals surface area contributed by atoms with Crippen molar-refractivity contribution in [1.29, 1.82) is 0 Å². The molecule has 0 aromatic carbocycles. The van der Waals surface area contributed by atoms with Gasteiger partial charge in [-0.15, -0.1) is 0 Å².